The number of benzene rings is 2. The summed E-state index contributed by atoms with van der Waals surface area (Å²) in [6.07, 6.45) is 1.68. The number of aliphatic hydroxyl groups is 2. The Morgan fingerprint density at radius 1 is 1.00 bits per heavy atom. The maximum atomic E-state index is 10.9. The molecule has 2 atom stereocenters. The summed E-state index contributed by atoms with van der Waals surface area (Å²) in [5.41, 5.74) is 0.258. The third-order valence-corrected chi connectivity index (χ3v) is 3.42. The Hall–Kier alpha value is -1.90. The van der Waals surface area contributed by atoms with Crippen molar-refractivity contribution >= 4 is 0 Å². The Morgan fingerprint density at radius 2 is 1.53 bits per heavy atom. The summed E-state index contributed by atoms with van der Waals surface area (Å²) >= 11 is 0. The molecule has 0 unspecified atom stereocenters. The second kappa shape index (κ2) is 5.83. The number of hydrogen-bond donors (Lipinski definition) is 2. The summed E-state index contributed by atoms with van der Waals surface area (Å²) in [6.45, 7) is 3.45. The Labute approximate surface area is 113 Å². The second-order valence-corrected chi connectivity index (χ2v) is 4.57. The quantitative estimate of drug-likeness (QED) is 0.805. The smallest absolute Gasteiger partial charge is 0.123 e. The van der Waals surface area contributed by atoms with Crippen molar-refractivity contribution in [3.8, 4) is 0 Å². The molecule has 0 aliphatic heterocycles. The lowest BCUT2D eigenvalue weighted by molar-refractivity contribution is -0.0311. The van der Waals surface area contributed by atoms with Crippen LogP contribution in [0.3, 0.4) is 0 Å². The highest BCUT2D eigenvalue weighted by Crippen LogP contribution is 2.37. The van der Waals surface area contributed by atoms with Gasteiger partial charge in [-0.2, -0.15) is 0 Å². The summed E-state index contributed by atoms with van der Waals surface area (Å²) in [4.78, 5) is 0. The minimum Gasteiger partial charge on any atom is -0.393 e. The first kappa shape index (κ1) is 13.5. The standard InChI is InChI=1S/C17H18O2/c1-2-16(14-9-5-3-6-10-14)17(19,13-18)15-11-7-4-8-12-15/h2-12,16,18-19H,1,13H2/t16-,17-/m1/s1. The van der Waals surface area contributed by atoms with Gasteiger partial charge in [-0.3, -0.25) is 0 Å². The zero-order valence-corrected chi connectivity index (χ0v) is 10.7. The molecule has 2 nitrogen and oxygen atoms in total. The van der Waals surface area contributed by atoms with Crippen LogP contribution in [0.25, 0.3) is 0 Å². The Balaban J connectivity index is 2.47. The van der Waals surface area contributed by atoms with Gasteiger partial charge in [0.25, 0.3) is 0 Å². The lowest BCUT2D eigenvalue weighted by Gasteiger charge is -2.33. The van der Waals surface area contributed by atoms with Gasteiger partial charge in [-0.1, -0.05) is 66.7 Å². The van der Waals surface area contributed by atoms with Crippen LogP contribution in [0, 0.1) is 0 Å². The van der Waals surface area contributed by atoms with Crippen LogP contribution in [0.2, 0.25) is 0 Å². The van der Waals surface area contributed by atoms with Crippen LogP contribution >= 0.6 is 0 Å². The number of aliphatic hydroxyl groups excluding tert-OH is 1. The van der Waals surface area contributed by atoms with Crippen molar-refractivity contribution in [1.82, 2.24) is 0 Å². The van der Waals surface area contributed by atoms with Gasteiger partial charge in [-0.25, -0.2) is 0 Å². The second-order valence-electron chi connectivity index (χ2n) is 4.57. The molecule has 0 heterocycles. The summed E-state index contributed by atoms with van der Waals surface area (Å²) < 4.78 is 0. The third kappa shape index (κ3) is 2.60. The minimum absolute atomic E-state index is 0.359. The summed E-state index contributed by atoms with van der Waals surface area (Å²) in [6, 6.07) is 18.8. The molecule has 0 fully saturated rings. The fraction of sp³-hybridized carbons (Fsp3) is 0.176. The topological polar surface area (TPSA) is 40.5 Å². The zero-order chi connectivity index (χ0) is 13.7. The monoisotopic (exact) mass is 254 g/mol. The molecular formula is C17H18O2. The van der Waals surface area contributed by atoms with E-state index < -0.39 is 5.60 Å². The van der Waals surface area contributed by atoms with E-state index in [1.165, 1.54) is 0 Å². The summed E-state index contributed by atoms with van der Waals surface area (Å²) in [5, 5.41) is 20.6. The highest BCUT2D eigenvalue weighted by Gasteiger charge is 2.37. The lowest BCUT2D eigenvalue weighted by atomic mass is 9.78. The molecule has 0 saturated heterocycles. The van der Waals surface area contributed by atoms with Gasteiger partial charge in [0.1, 0.15) is 5.60 Å². The molecule has 98 valence electrons. The van der Waals surface area contributed by atoms with Crippen LogP contribution < -0.4 is 0 Å². The molecule has 0 saturated carbocycles. The van der Waals surface area contributed by atoms with Gasteiger partial charge >= 0.3 is 0 Å². The van der Waals surface area contributed by atoms with Gasteiger partial charge in [0.05, 0.1) is 6.61 Å². The fourth-order valence-corrected chi connectivity index (χ4v) is 2.36. The highest BCUT2D eigenvalue weighted by molar-refractivity contribution is 5.34. The molecule has 2 N–H and O–H groups in total. The molecule has 0 bridgehead atoms. The van der Waals surface area contributed by atoms with E-state index in [0.29, 0.717) is 5.56 Å². The molecule has 2 heteroatoms. The van der Waals surface area contributed by atoms with Crippen molar-refractivity contribution in [1.29, 1.82) is 0 Å². The Kier molecular flexibility index (Phi) is 4.15. The maximum Gasteiger partial charge on any atom is 0.123 e. The molecule has 0 aliphatic rings. The predicted molar refractivity (Wildman–Crippen MR) is 76.8 cm³/mol. The van der Waals surface area contributed by atoms with Crippen LogP contribution in [-0.4, -0.2) is 16.8 Å². The fourth-order valence-electron chi connectivity index (χ4n) is 2.36. The SMILES string of the molecule is C=C[C@H](c1ccccc1)[C@@](O)(CO)c1ccccc1. The highest BCUT2D eigenvalue weighted by atomic mass is 16.3. The minimum atomic E-state index is -1.36. The average molecular weight is 254 g/mol. The van der Waals surface area contributed by atoms with E-state index in [9.17, 15) is 10.2 Å². The first-order chi connectivity index (χ1) is 9.22. The van der Waals surface area contributed by atoms with Gasteiger partial charge in [-0.15, -0.1) is 6.58 Å². The van der Waals surface area contributed by atoms with E-state index >= 15 is 0 Å². The van der Waals surface area contributed by atoms with Gasteiger partial charge in [0.15, 0.2) is 0 Å². The van der Waals surface area contributed by atoms with E-state index in [1.807, 2.05) is 60.7 Å². The van der Waals surface area contributed by atoms with Gasteiger partial charge in [0.2, 0.25) is 0 Å². The van der Waals surface area contributed by atoms with E-state index in [-0.39, 0.29) is 12.5 Å². The molecule has 19 heavy (non-hydrogen) atoms. The Morgan fingerprint density at radius 3 is 2.00 bits per heavy atom. The molecule has 0 amide bonds. The van der Waals surface area contributed by atoms with Gasteiger partial charge in [0, 0.05) is 5.92 Å². The van der Waals surface area contributed by atoms with Crippen LogP contribution in [0.1, 0.15) is 17.0 Å². The summed E-state index contributed by atoms with van der Waals surface area (Å²) in [7, 11) is 0. The van der Waals surface area contributed by atoms with E-state index in [4.69, 9.17) is 0 Å². The van der Waals surface area contributed by atoms with Gasteiger partial charge in [-0.05, 0) is 11.1 Å². The van der Waals surface area contributed by atoms with Crippen molar-refractivity contribution in [3.63, 3.8) is 0 Å². The van der Waals surface area contributed by atoms with E-state index in [1.54, 1.807) is 6.08 Å². The molecule has 0 aromatic heterocycles. The molecule has 2 aromatic carbocycles. The molecule has 0 radical (unpaired) electrons. The first-order valence-electron chi connectivity index (χ1n) is 6.28. The first-order valence-corrected chi connectivity index (χ1v) is 6.28. The molecular weight excluding hydrogens is 236 g/mol. The molecule has 2 rings (SSSR count). The van der Waals surface area contributed by atoms with Crippen LogP contribution in [0.4, 0.5) is 0 Å². The number of hydrogen-bond acceptors (Lipinski definition) is 2. The Bertz CT molecular complexity index is 521. The average Bonchev–Trinajstić information content (AvgIpc) is 2.49. The van der Waals surface area contributed by atoms with E-state index in [0.717, 1.165) is 5.56 Å². The van der Waals surface area contributed by atoms with Gasteiger partial charge < -0.3 is 10.2 Å². The molecule has 0 spiro atoms. The maximum absolute atomic E-state index is 10.9. The summed E-state index contributed by atoms with van der Waals surface area (Å²) in [5.74, 6) is -0.360. The predicted octanol–water partition coefficient (Wildman–Crippen LogP) is 2.84. The van der Waals surface area contributed by atoms with Crippen molar-refractivity contribution in [2.75, 3.05) is 6.61 Å². The van der Waals surface area contributed by atoms with Crippen LogP contribution in [0.15, 0.2) is 73.3 Å². The van der Waals surface area contributed by atoms with Crippen LogP contribution in [-0.2, 0) is 5.60 Å². The van der Waals surface area contributed by atoms with Crippen molar-refractivity contribution in [2.45, 2.75) is 11.5 Å². The number of rotatable bonds is 5. The zero-order valence-electron chi connectivity index (χ0n) is 10.7. The van der Waals surface area contributed by atoms with E-state index in [2.05, 4.69) is 6.58 Å². The molecule has 2 aromatic rings. The van der Waals surface area contributed by atoms with Crippen molar-refractivity contribution in [2.24, 2.45) is 0 Å². The van der Waals surface area contributed by atoms with Crippen LogP contribution in [0.5, 0.6) is 0 Å². The lowest BCUT2D eigenvalue weighted by Crippen LogP contribution is -2.36. The normalized spacial score (nSPS) is 15.5. The third-order valence-electron chi connectivity index (χ3n) is 3.42. The van der Waals surface area contributed by atoms with Crippen molar-refractivity contribution in [3.05, 3.63) is 84.4 Å². The molecule has 0 aliphatic carbocycles. The largest absolute Gasteiger partial charge is 0.393 e. The van der Waals surface area contributed by atoms with Crippen molar-refractivity contribution < 1.29 is 10.2 Å².